The maximum Gasteiger partial charge on any atom is 0.239 e. The van der Waals surface area contributed by atoms with E-state index < -0.39 is 0 Å². The lowest BCUT2D eigenvalue weighted by molar-refractivity contribution is -0.118. The Morgan fingerprint density at radius 1 is 1.76 bits per heavy atom. The lowest BCUT2D eigenvalue weighted by Gasteiger charge is -2.29. The van der Waals surface area contributed by atoms with Gasteiger partial charge in [-0.25, -0.2) is 0 Å². The molecule has 1 aromatic rings. The first-order chi connectivity index (χ1) is 8.13. The van der Waals surface area contributed by atoms with Crippen LogP contribution in [0.15, 0.2) is 10.6 Å². The van der Waals surface area contributed by atoms with E-state index in [4.69, 9.17) is 4.52 Å². The average molecular weight is 239 g/mol. The molecule has 2 N–H and O–H groups in total. The van der Waals surface area contributed by atoms with Crippen LogP contribution in [0, 0.1) is 6.92 Å². The van der Waals surface area contributed by atoms with E-state index in [2.05, 4.69) is 10.5 Å². The van der Waals surface area contributed by atoms with Crippen molar-refractivity contribution in [3.8, 4) is 0 Å². The van der Waals surface area contributed by atoms with E-state index in [-0.39, 0.29) is 18.6 Å². The average Bonchev–Trinajstić information content (AvgIpc) is 2.63. The third kappa shape index (κ3) is 3.54. The van der Waals surface area contributed by atoms with Gasteiger partial charge < -0.3 is 14.9 Å². The number of nitrogens with one attached hydrogen (secondary N) is 1. The first-order valence-corrected chi connectivity index (χ1v) is 5.77. The van der Waals surface area contributed by atoms with Crippen LogP contribution in [0.5, 0.6) is 0 Å². The van der Waals surface area contributed by atoms with Crippen LogP contribution in [-0.4, -0.2) is 46.8 Å². The van der Waals surface area contributed by atoms with Gasteiger partial charge in [-0.05, 0) is 26.3 Å². The molecule has 1 amide bonds. The number of carbonyl (C=O) groups excluding carboxylic acids is 1. The fraction of sp³-hybridized carbons (Fsp3) is 0.636. The summed E-state index contributed by atoms with van der Waals surface area (Å²) in [6, 6.07) is 1.67. The van der Waals surface area contributed by atoms with E-state index >= 15 is 0 Å². The number of aromatic nitrogens is 1. The van der Waals surface area contributed by atoms with E-state index in [0.717, 1.165) is 19.4 Å². The van der Waals surface area contributed by atoms with E-state index in [0.29, 0.717) is 18.1 Å². The maximum absolute atomic E-state index is 11.7. The van der Waals surface area contributed by atoms with Gasteiger partial charge in [0.25, 0.3) is 0 Å². The molecule has 94 valence electrons. The number of hydrogen-bond acceptors (Lipinski definition) is 5. The van der Waals surface area contributed by atoms with E-state index in [1.807, 2.05) is 4.90 Å². The van der Waals surface area contributed by atoms with E-state index in [1.54, 1.807) is 13.0 Å². The maximum atomic E-state index is 11.7. The molecule has 0 aliphatic carbocycles. The Morgan fingerprint density at radius 3 is 3.24 bits per heavy atom. The predicted octanol–water partition coefficient (Wildman–Crippen LogP) is 0.378. The Morgan fingerprint density at radius 2 is 2.59 bits per heavy atom. The molecule has 2 rings (SSSR count). The number of anilines is 1. The van der Waals surface area contributed by atoms with E-state index in [1.165, 1.54) is 0 Å². The molecule has 0 saturated carbocycles. The van der Waals surface area contributed by atoms with Crippen molar-refractivity contribution < 1.29 is 14.4 Å². The smallest absolute Gasteiger partial charge is 0.239 e. The van der Waals surface area contributed by atoms with Crippen molar-refractivity contribution in [1.82, 2.24) is 10.1 Å². The second kappa shape index (κ2) is 5.29. The Hall–Kier alpha value is -1.40. The van der Waals surface area contributed by atoms with Crippen LogP contribution in [0.4, 0.5) is 5.82 Å². The number of aliphatic hydroxyl groups excluding tert-OH is 1. The Labute approximate surface area is 99.6 Å². The van der Waals surface area contributed by atoms with Crippen LogP contribution in [0.2, 0.25) is 0 Å². The number of rotatable bonds is 3. The van der Waals surface area contributed by atoms with Crippen molar-refractivity contribution >= 4 is 11.7 Å². The number of carbonyl (C=O) groups is 1. The minimum Gasteiger partial charge on any atom is -0.392 e. The largest absolute Gasteiger partial charge is 0.392 e. The summed E-state index contributed by atoms with van der Waals surface area (Å²) in [7, 11) is 0. The van der Waals surface area contributed by atoms with Gasteiger partial charge in [0, 0.05) is 12.6 Å². The van der Waals surface area contributed by atoms with Gasteiger partial charge in [-0.15, -0.1) is 0 Å². The summed E-state index contributed by atoms with van der Waals surface area (Å²) in [6.07, 6.45) is 1.43. The normalized spacial score (nSPS) is 21.4. The Kier molecular flexibility index (Phi) is 3.75. The molecule has 6 heteroatoms. The van der Waals surface area contributed by atoms with Crippen molar-refractivity contribution in [2.24, 2.45) is 0 Å². The number of piperidine rings is 1. The fourth-order valence-corrected chi connectivity index (χ4v) is 1.99. The number of β-amino-alcohol motifs (C(OH)–C–C–N with tert-alkyl or cyclic N) is 1. The molecule has 0 unspecified atom stereocenters. The molecule has 1 atom stereocenters. The molecular weight excluding hydrogens is 222 g/mol. The number of hydrogen-bond donors (Lipinski definition) is 2. The number of amides is 1. The number of nitrogens with zero attached hydrogens (tertiary/aromatic N) is 2. The van der Waals surface area contributed by atoms with Gasteiger partial charge in [0.2, 0.25) is 5.91 Å². The molecule has 1 aliphatic rings. The van der Waals surface area contributed by atoms with Crippen LogP contribution < -0.4 is 5.32 Å². The van der Waals surface area contributed by atoms with Gasteiger partial charge in [-0.3, -0.25) is 9.69 Å². The highest BCUT2D eigenvalue weighted by Gasteiger charge is 2.19. The first kappa shape index (κ1) is 12.1. The second-order valence-corrected chi connectivity index (χ2v) is 4.40. The summed E-state index contributed by atoms with van der Waals surface area (Å²) >= 11 is 0. The molecule has 1 aliphatic heterocycles. The van der Waals surface area contributed by atoms with Crippen molar-refractivity contribution in [2.45, 2.75) is 25.9 Å². The highest BCUT2D eigenvalue weighted by Crippen LogP contribution is 2.10. The second-order valence-electron chi connectivity index (χ2n) is 4.40. The van der Waals surface area contributed by atoms with Crippen LogP contribution in [-0.2, 0) is 4.79 Å². The zero-order chi connectivity index (χ0) is 12.3. The minimum absolute atomic E-state index is 0.132. The summed E-state index contributed by atoms with van der Waals surface area (Å²) in [5.41, 5.74) is 0. The van der Waals surface area contributed by atoms with Gasteiger partial charge in [0.1, 0.15) is 5.76 Å². The molecule has 0 radical (unpaired) electrons. The number of likely N-dealkylation sites (tertiary alicyclic amines) is 1. The van der Waals surface area contributed by atoms with Gasteiger partial charge >= 0.3 is 0 Å². The highest BCUT2D eigenvalue weighted by atomic mass is 16.5. The zero-order valence-electron chi connectivity index (χ0n) is 9.85. The molecule has 1 fully saturated rings. The van der Waals surface area contributed by atoms with Crippen molar-refractivity contribution in [3.63, 3.8) is 0 Å². The summed E-state index contributed by atoms with van der Waals surface area (Å²) in [5.74, 6) is 0.964. The Balaban J connectivity index is 1.80. The van der Waals surface area contributed by atoms with Crippen LogP contribution in [0.25, 0.3) is 0 Å². The van der Waals surface area contributed by atoms with Crippen LogP contribution in [0.1, 0.15) is 18.6 Å². The predicted molar refractivity (Wildman–Crippen MR) is 61.6 cm³/mol. The van der Waals surface area contributed by atoms with E-state index in [9.17, 15) is 9.90 Å². The van der Waals surface area contributed by atoms with Crippen molar-refractivity contribution in [3.05, 3.63) is 11.8 Å². The summed E-state index contributed by atoms with van der Waals surface area (Å²) in [5, 5.41) is 15.8. The highest BCUT2D eigenvalue weighted by molar-refractivity contribution is 5.91. The van der Waals surface area contributed by atoms with Crippen LogP contribution in [0.3, 0.4) is 0 Å². The molecule has 1 saturated heterocycles. The Bertz CT molecular complexity index is 391. The topological polar surface area (TPSA) is 78.6 Å². The number of aliphatic hydroxyl groups is 1. The molecule has 0 aromatic carbocycles. The molecule has 6 nitrogen and oxygen atoms in total. The molecule has 17 heavy (non-hydrogen) atoms. The summed E-state index contributed by atoms with van der Waals surface area (Å²) < 4.78 is 4.85. The molecular formula is C11H17N3O3. The molecule has 0 bridgehead atoms. The lowest BCUT2D eigenvalue weighted by atomic mass is 10.1. The van der Waals surface area contributed by atoms with Gasteiger partial charge in [0.15, 0.2) is 5.82 Å². The van der Waals surface area contributed by atoms with Gasteiger partial charge in [-0.1, -0.05) is 5.16 Å². The standard InChI is InChI=1S/C11H17N3O3/c1-8-5-10(13-17-8)12-11(16)7-14-4-2-3-9(15)6-14/h5,9,15H,2-4,6-7H2,1H3,(H,12,13,16)/t9-/m0/s1. The first-order valence-electron chi connectivity index (χ1n) is 5.77. The molecule has 0 spiro atoms. The minimum atomic E-state index is -0.314. The molecule has 2 heterocycles. The monoisotopic (exact) mass is 239 g/mol. The quantitative estimate of drug-likeness (QED) is 0.797. The summed E-state index contributed by atoms with van der Waals surface area (Å²) in [4.78, 5) is 13.6. The lowest BCUT2D eigenvalue weighted by Crippen LogP contribution is -2.42. The number of aryl methyl sites for hydroxylation is 1. The van der Waals surface area contributed by atoms with Gasteiger partial charge in [0.05, 0.1) is 12.6 Å². The molecule has 1 aromatic heterocycles. The van der Waals surface area contributed by atoms with Gasteiger partial charge in [-0.2, -0.15) is 0 Å². The van der Waals surface area contributed by atoms with Crippen molar-refractivity contribution in [2.75, 3.05) is 25.0 Å². The third-order valence-electron chi connectivity index (χ3n) is 2.74. The summed E-state index contributed by atoms with van der Waals surface area (Å²) in [6.45, 7) is 3.46. The zero-order valence-corrected chi connectivity index (χ0v) is 9.85. The third-order valence-corrected chi connectivity index (χ3v) is 2.74. The van der Waals surface area contributed by atoms with Crippen LogP contribution >= 0.6 is 0 Å². The fourth-order valence-electron chi connectivity index (χ4n) is 1.99. The SMILES string of the molecule is Cc1cc(NC(=O)CN2CCC[C@H](O)C2)no1. The van der Waals surface area contributed by atoms with Crippen molar-refractivity contribution in [1.29, 1.82) is 0 Å².